The van der Waals surface area contributed by atoms with Gasteiger partial charge in [0.15, 0.2) is 11.8 Å². The summed E-state index contributed by atoms with van der Waals surface area (Å²) in [6.07, 6.45) is 3.95. The number of fused-ring (bicyclic) bond motifs is 1. The van der Waals surface area contributed by atoms with Crippen LogP contribution in [0.15, 0.2) is 58.4 Å². The molecule has 0 aliphatic rings. The second-order valence-electron chi connectivity index (χ2n) is 9.34. The first-order valence-electron chi connectivity index (χ1n) is 12.4. The molecule has 0 fully saturated rings. The van der Waals surface area contributed by atoms with Gasteiger partial charge in [-0.3, -0.25) is 9.56 Å². The minimum absolute atomic E-state index is 0.0257. The summed E-state index contributed by atoms with van der Waals surface area (Å²) in [7, 11) is 0. The molecule has 2 heterocycles. The van der Waals surface area contributed by atoms with E-state index in [9.17, 15) is 9.18 Å². The van der Waals surface area contributed by atoms with E-state index >= 15 is 0 Å². The number of guanidine groups is 1. The van der Waals surface area contributed by atoms with E-state index < -0.39 is 11.5 Å². The van der Waals surface area contributed by atoms with Crippen molar-refractivity contribution in [2.75, 3.05) is 13.1 Å². The largest absolute Gasteiger partial charge is 0.370 e. The lowest BCUT2D eigenvalue weighted by atomic mass is 10.0. The quantitative estimate of drug-likeness (QED) is 0.112. The topological polar surface area (TPSA) is 153 Å². The van der Waals surface area contributed by atoms with Crippen LogP contribution in [-0.4, -0.2) is 39.6 Å². The third-order valence-corrected chi connectivity index (χ3v) is 6.40. The maximum atomic E-state index is 15.0. The van der Waals surface area contributed by atoms with E-state index in [-0.39, 0.29) is 17.0 Å². The lowest BCUT2D eigenvalue weighted by Crippen LogP contribution is -2.23. The smallest absolute Gasteiger partial charge is 0.354 e. The van der Waals surface area contributed by atoms with Gasteiger partial charge < -0.3 is 27.5 Å². The van der Waals surface area contributed by atoms with Gasteiger partial charge in [0.1, 0.15) is 5.65 Å². The van der Waals surface area contributed by atoms with Crippen LogP contribution < -0.4 is 28.2 Å². The second-order valence-corrected chi connectivity index (χ2v) is 9.75. The Hall–Kier alpha value is -3.73. The highest BCUT2D eigenvalue weighted by atomic mass is 35.5. The monoisotopic (exact) mass is 538 g/mol. The zero-order valence-electron chi connectivity index (χ0n) is 21.2. The third kappa shape index (κ3) is 6.77. The molecule has 0 aliphatic carbocycles. The normalized spacial score (nSPS) is 12.1. The molecule has 0 amide bonds. The van der Waals surface area contributed by atoms with Crippen LogP contribution in [0.2, 0.25) is 5.02 Å². The number of aryl methyl sites for hydroxylation is 1. The summed E-state index contributed by atoms with van der Waals surface area (Å²) in [4.78, 5) is 24.0. The highest BCUT2D eigenvalue weighted by Gasteiger charge is 2.15. The number of aliphatic imine (C=N–C) groups is 1. The van der Waals surface area contributed by atoms with Crippen LogP contribution in [0.25, 0.3) is 28.0 Å². The van der Waals surface area contributed by atoms with Crippen molar-refractivity contribution in [2.24, 2.45) is 22.2 Å². The van der Waals surface area contributed by atoms with Crippen LogP contribution in [0.5, 0.6) is 0 Å². The van der Waals surface area contributed by atoms with Gasteiger partial charge in [-0.05, 0) is 74.2 Å². The van der Waals surface area contributed by atoms with E-state index in [1.807, 2.05) is 31.2 Å². The molecule has 0 saturated carbocycles. The summed E-state index contributed by atoms with van der Waals surface area (Å²) < 4.78 is 16.4. The Bertz CT molecular complexity index is 1490. The van der Waals surface area contributed by atoms with Crippen LogP contribution in [0.3, 0.4) is 0 Å². The van der Waals surface area contributed by atoms with Crippen molar-refractivity contribution in [1.82, 2.24) is 19.9 Å². The molecule has 4 rings (SSSR count). The van der Waals surface area contributed by atoms with Crippen molar-refractivity contribution in [3.05, 3.63) is 81.1 Å². The zero-order valence-corrected chi connectivity index (χ0v) is 21.9. The van der Waals surface area contributed by atoms with E-state index in [4.69, 9.17) is 28.8 Å². The average molecular weight is 539 g/mol. The van der Waals surface area contributed by atoms with E-state index in [1.165, 1.54) is 4.57 Å². The van der Waals surface area contributed by atoms with Gasteiger partial charge in [-0.15, -0.1) is 0 Å². The Balaban J connectivity index is 1.52. The van der Waals surface area contributed by atoms with Gasteiger partial charge in [0.2, 0.25) is 0 Å². The van der Waals surface area contributed by atoms with Gasteiger partial charge in [-0.2, -0.15) is 4.98 Å². The first kappa shape index (κ1) is 27.3. The molecule has 0 aliphatic heterocycles. The molecule has 200 valence electrons. The SMILES string of the molecule is C[C@H](N)CCc1cc(Cl)c(F)c(-c2cc3cn(-c4ccc(CNCCCN=C(N)N)cc4)c(=O)nc3[nH]2)c1. The van der Waals surface area contributed by atoms with Crippen LogP contribution in [-0.2, 0) is 13.0 Å². The highest BCUT2D eigenvalue weighted by molar-refractivity contribution is 6.31. The second kappa shape index (κ2) is 12.2. The molecule has 38 heavy (non-hydrogen) atoms. The lowest BCUT2D eigenvalue weighted by molar-refractivity contribution is 0.628. The molecular formula is C27H32ClFN8O. The maximum Gasteiger partial charge on any atom is 0.354 e. The average Bonchev–Trinajstić information content (AvgIpc) is 3.29. The standard InChI is InChI=1S/C27H32ClFN8O/c1-16(30)3-4-18-11-21(24(29)22(28)12-18)23-13-19-15-37(27(38)36-25(19)35-23)20-7-5-17(6-8-20)14-33-9-2-10-34-26(31)32/h5-8,11-13,15-16,33H,2-4,9-10,14,30H2,1H3,(H4,31,32,34)(H,35,36,38)/t16-/m0/s1. The predicted molar refractivity (Wildman–Crippen MR) is 151 cm³/mol. The van der Waals surface area contributed by atoms with Gasteiger partial charge in [0, 0.05) is 36.3 Å². The first-order valence-corrected chi connectivity index (χ1v) is 12.8. The Labute approximate surface area is 224 Å². The number of nitrogens with zero attached hydrogens (tertiary/aromatic N) is 3. The highest BCUT2D eigenvalue weighted by Crippen LogP contribution is 2.31. The summed E-state index contributed by atoms with van der Waals surface area (Å²) in [6.45, 7) is 3.95. The number of benzene rings is 2. The van der Waals surface area contributed by atoms with Crippen molar-refractivity contribution in [2.45, 2.75) is 38.8 Å². The number of hydrogen-bond acceptors (Lipinski definition) is 5. The number of hydrogen-bond donors (Lipinski definition) is 5. The van der Waals surface area contributed by atoms with E-state index in [0.29, 0.717) is 47.5 Å². The molecule has 2 aromatic heterocycles. The summed E-state index contributed by atoms with van der Waals surface area (Å²) >= 11 is 6.18. The molecule has 9 nitrogen and oxygen atoms in total. The Morgan fingerprint density at radius 1 is 1.21 bits per heavy atom. The van der Waals surface area contributed by atoms with E-state index in [1.54, 1.807) is 24.4 Å². The van der Waals surface area contributed by atoms with Crippen molar-refractivity contribution in [3.8, 4) is 16.9 Å². The fourth-order valence-corrected chi connectivity index (χ4v) is 4.37. The number of rotatable bonds is 11. The molecule has 4 aromatic rings. The number of aromatic amines is 1. The zero-order chi connectivity index (χ0) is 27.2. The number of nitrogens with two attached hydrogens (primary N) is 3. The summed E-state index contributed by atoms with van der Waals surface area (Å²) in [6, 6.07) is 12.8. The van der Waals surface area contributed by atoms with E-state index in [2.05, 4.69) is 20.3 Å². The molecule has 0 spiro atoms. The fourth-order valence-electron chi connectivity index (χ4n) is 4.12. The van der Waals surface area contributed by atoms with Crippen LogP contribution in [0.4, 0.5) is 4.39 Å². The Morgan fingerprint density at radius 3 is 2.68 bits per heavy atom. The van der Waals surface area contributed by atoms with Crippen LogP contribution in [0.1, 0.15) is 30.9 Å². The minimum atomic E-state index is -0.529. The van der Waals surface area contributed by atoms with Gasteiger partial charge in [-0.25, -0.2) is 9.18 Å². The molecule has 2 aromatic carbocycles. The summed E-state index contributed by atoms with van der Waals surface area (Å²) in [5, 5.41) is 4.04. The molecule has 0 saturated heterocycles. The third-order valence-electron chi connectivity index (χ3n) is 6.12. The van der Waals surface area contributed by atoms with Gasteiger partial charge in [0.25, 0.3) is 0 Å². The van der Waals surface area contributed by atoms with E-state index in [0.717, 1.165) is 30.5 Å². The van der Waals surface area contributed by atoms with Crippen molar-refractivity contribution >= 4 is 28.6 Å². The molecule has 11 heteroatoms. The van der Waals surface area contributed by atoms with Crippen molar-refractivity contribution in [3.63, 3.8) is 0 Å². The number of aromatic nitrogens is 3. The molecular weight excluding hydrogens is 507 g/mol. The summed E-state index contributed by atoms with van der Waals surface area (Å²) in [5.74, 6) is -0.434. The number of H-pyrrole nitrogens is 1. The Morgan fingerprint density at radius 2 is 1.97 bits per heavy atom. The van der Waals surface area contributed by atoms with Gasteiger partial charge in [-0.1, -0.05) is 23.7 Å². The Kier molecular flexibility index (Phi) is 8.77. The molecule has 0 unspecified atom stereocenters. The predicted octanol–water partition coefficient (Wildman–Crippen LogP) is 3.21. The molecule has 0 radical (unpaired) electrons. The van der Waals surface area contributed by atoms with Gasteiger partial charge in [0.05, 0.1) is 16.4 Å². The van der Waals surface area contributed by atoms with Gasteiger partial charge >= 0.3 is 5.69 Å². The van der Waals surface area contributed by atoms with Crippen LogP contribution in [0, 0.1) is 5.82 Å². The molecule has 1 atom stereocenters. The maximum absolute atomic E-state index is 15.0. The van der Waals surface area contributed by atoms with Crippen molar-refractivity contribution < 1.29 is 4.39 Å². The van der Waals surface area contributed by atoms with Crippen LogP contribution >= 0.6 is 11.6 Å². The summed E-state index contributed by atoms with van der Waals surface area (Å²) in [5.41, 5.74) is 19.9. The molecule has 8 N–H and O–H groups in total. The minimum Gasteiger partial charge on any atom is -0.370 e. The van der Waals surface area contributed by atoms with Crippen molar-refractivity contribution in [1.29, 1.82) is 0 Å². The number of nitrogens with one attached hydrogen (secondary N) is 2. The molecule has 0 bridgehead atoms. The number of halogens is 2. The lowest BCUT2D eigenvalue weighted by Gasteiger charge is -2.09. The fraction of sp³-hybridized carbons (Fsp3) is 0.296. The first-order chi connectivity index (χ1) is 18.2.